The highest BCUT2D eigenvalue weighted by Gasteiger charge is 2.36. The van der Waals surface area contributed by atoms with Gasteiger partial charge in [0.15, 0.2) is 6.10 Å². The molecule has 1 aliphatic heterocycles. The number of alkyl halides is 3. The minimum atomic E-state index is -4.70. The third-order valence-corrected chi connectivity index (χ3v) is 8.79. The molecule has 2 heterocycles. The van der Waals surface area contributed by atoms with Crippen molar-refractivity contribution in [3.8, 4) is 5.69 Å². The SMILES string of the molecule is C=CC(C)Nc1nc2c(c(=O)n1-c1ccc(C(=O)N(C)C(=O)OCOC(=O)CC(O)C(=O)O)cc1)CC(C)N(C(=O)c1ccc(Br)c(C(F)(F)F)c1)C2. The monoisotopic (exact) mass is 807 g/mol. The average molecular weight is 809 g/mol. The molecule has 1 aliphatic rings. The lowest BCUT2D eigenvalue weighted by Gasteiger charge is -2.35. The van der Waals surface area contributed by atoms with Crippen LogP contribution in [0, 0.1) is 0 Å². The Bertz CT molecular complexity index is 2000. The first kappa shape index (κ1) is 40.2. The number of aromatic nitrogens is 2. The lowest BCUT2D eigenvalue weighted by atomic mass is 9.98. The second-order valence-corrected chi connectivity index (χ2v) is 12.7. The number of fused-ring (bicyclic) bond motifs is 1. The minimum Gasteiger partial charge on any atom is -0.479 e. The molecular weight excluding hydrogens is 775 g/mol. The van der Waals surface area contributed by atoms with Gasteiger partial charge in [0.05, 0.1) is 29.9 Å². The lowest BCUT2D eigenvalue weighted by Crippen LogP contribution is -2.46. The highest BCUT2D eigenvalue weighted by Crippen LogP contribution is 2.36. The van der Waals surface area contributed by atoms with Gasteiger partial charge in [-0.1, -0.05) is 22.0 Å². The number of ether oxygens (including phenoxy) is 2. The van der Waals surface area contributed by atoms with E-state index in [2.05, 4.69) is 37.5 Å². The minimum absolute atomic E-state index is 0.00730. The molecule has 282 valence electrons. The number of nitrogens with zero attached hydrogens (tertiary/aromatic N) is 4. The fraction of sp³-hybridized carbons (Fsp3) is 0.324. The highest BCUT2D eigenvalue weighted by atomic mass is 79.9. The van der Waals surface area contributed by atoms with Crippen molar-refractivity contribution in [1.82, 2.24) is 19.4 Å². The molecule has 4 rings (SSSR count). The van der Waals surface area contributed by atoms with E-state index in [4.69, 9.17) is 9.84 Å². The van der Waals surface area contributed by atoms with Crippen molar-refractivity contribution in [2.45, 2.75) is 57.6 Å². The summed E-state index contributed by atoms with van der Waals surface area (Å²) in [6.45, 7) is 6.01. The molecule has 3 atom stereocenters. The first-order valence-corrected chi connectivity index (χ1v) is 16.5. The largest absolute Gasteiger partial charge is 0.479 e. The van der Waals surface area contributed by atoms with E-state index in [1.807, 2.05) is 0 Å². The van der Waals surface area contributed by atoms with Gasteiger partial charge in [-0.15, -0.1) is 6.58 Å². The molecule has 0 aliphatic carbocycles. The van der Waals surface area contributed by atoms with E-state index in [1.165, 1.54) is 39.8 Å². The van der Waals surface area contributed by atoms with Crippen molar-refractivity contribution >= 4 is 51.7 Å². The number of aliphatic carboxylic acids is 1. The fourth-order valence-electron chi connectivity index (χ4n) is 5.15. The Morgan fingerprint density at radius 3 is 2.38 bits per heavy atom. The molecule has 0 radical (unpaired) electrons. The molecule has 3 N–H and O–H groups in total. The van der Waals surface area contributed by atoms with Crippen LogP contribution in [0.15, 0.2) is 64.4 Å². The molecule has 0 spiro atoms. The number of hydrogen-bond donors (Lipinski definition) is 3. The van der Waals surface area contributed by atoms with Crippen molar-refractivity contribution < 1.29 is 56.8 Å². The lowest BCUT2D eigenvalue weighted by molar-refractivity contribution is -0.160. The zero-order valence-electron chi connectivity index (χ0n) is 28.3. The number of hydrogen-bond acceptors (Lipinski definition) is 11. The molecule has 15 nitrogen and oxygen atoms in total. The summed E-state index contributed by atoms with van der Waals surface area (Å²) in [5, 5.41) is 20.9. The number of anilines is 1. The molecule has 3 unspecified atom stereocenters. The number of aliphatic hydroxyl groups excluding tert-OH is 1. The summed E-state index contributed by atoms with van der Waals surface area (Å²) < 4.78 is 51.0. The zero-order valence-corrected chi connectivity index (χ0v) is 29.9. The van der Waals surface area contributed by atoms with E-state index in [1.54, 1.807) is 19.9 Å². The number of rotatable bonds is 11. The number of carboxylic acid groups (broad SMARTS) is 1. The number of esters is 1. The van der Waals surface area contributed by atoms with Crippen LogP contribution in [-0.4, -0.2) is 91.4 Å². The van der Waals surface area contributed by atoms with E-state index in [0.29, 0.717) is 4.90 Å². The van der Waals surface area contributed by atoms with Crippen molar-refractivity contribution in [3.63, 3.8) is 0 Å². The third kappa shape index (κ3) is 9.28. The Kier molecular flexibility index (Phi) is 12.5. The van der Waals surface area contributed by atoms with Gasteiger partial charge in [-0.2, -0.15) is 13.2 Å². The molecule has 0 saturated heterocycles. The summed E-state index contributed by atoms with van der Waals surface area (Å²) in [6, 6.07) is 7.71. The molecule has 3 amide bonds. The molecule has 3 aromatic rings. The number of carbonyl (C=O) groups excluding carboxylic acids is 4. The zero-order chi connectivity index (χ0) is 39.4. The summed E-state index contributed by atoms with van der Waals surface area (Å²) in [4.78, 5) is 81.7. The number of aliphatic hydroxyl groups is 1. The Morgan fingerprint density at radius 2 is 1.77 bits per heavy atom. The van der Waals surface area contributed by atoms with Crippen LogP contribution in [0.4, 0.5) is 23.9 Å². The fourth-order valence-corrected chi connectivity index (χ4v) is 5.62. The van der Waals surface area contributed by atoms with Gasteiger partial charge in [0.25, 0.3) is 17.4 Å². The van der Waals surface area contributed by atoms with Gasteiger partial charge < -0.3 is 29.9 Å². The Morgan fingerprint density at radius 1 is 1.13 bits per heavy atom. The van der Waals surface area contributed by atoms with Gasteiger partial charge in [-0.05, 0) is 62.7 Å². The molecule has 2 aromatic carbocycles. The average Bonchev–Trinajstić information content (AvgIpc) is 3.10. The van der Waals surface area contributed by atoms with Gasteiger partial charge in [0, 0.05) is 40.3 Å². The summed E-state index contributed by atoms with van der Waals surface area (Å²) in [5.41, 5.74) is -0.926. The smallest absolute Gasteiger partial charge is 0.419 e. The van der Waals surface area contributed by atoms with Gasteiger partial charge in [-0.3, -0.25) is 19.2 Å². The van der Waals surface area contributed by atoms with E-state index in [0.717, 1.165) is 19.2 Å². The second-order valence-electron chi connectivity index (χ2n) is 11.9. The van der Waals surface area contributed by atoms with Crippen LogP contribution in [0.3, 0.4) is 0 Å². The van der Waals surface area contributed by atoms with Crippen LogP contribution in [0.5, 0.6) is 0 Å². The Labute approximate surface area is 307 Å². The summed E-state index contributed by atoms with van der Waals surface area (Å²) in [6.07, 6.45) is -7.23. The van der Waals surface area contributed by atoms with E-state index in [9.17, 15) is 47.0 Å². The maximum atomic E-state index is 14.1. The normalized spacial score (nSPS) is 15.0. The van der Waals surface area contributed by atoms with Crippen LogP contribution in [-0.2, 0) is 38.2 Å². The van der Waals surface area contributed by atoms with Gasteiger partial charge in [0.2, 0.25) is 12.7 Å². The Hall–Kier alpha value is -5.56. The summed E-state index contributed by atoms with van der Waals surface area (Å²) >= 11 is 2.88. The molecule has 53 heavy (non-hydrogen) atoms. The van der Waals surface area contributed by atoms with Crippen molar-refractivity contribution in [3.05, 3.63) is 97.9 Å². The topological polar surface area (TPSA) is 198 Å². The van der Waals surface area contributed by atoms with E-state index < -0.39 is 78.5 Å². The Balaban J connectivity index is 1.57. The van der Waals surface area contributed by atoms with Crippen LogP contribution in [0.25, 0.3) is 5.69 Å². The summed E-state index contributed by atoms with van der Waals surface area (Å²) in [5.74, 6) is -4.27. The number of halogens is 4. The third-order valence-electron chi connectivity index (χ3n) is 8.10. The van der Waals surface area contributed by atoms with Gasteiger partial charge in [0.1, 0.15) is 0 Å². The predicted molar refractivity (Wildman–Crippen MR) is 183 cm³/mol. The first-order chi connectivity index (χ1) is 24.8. The van der Waals surface area contributed by atoms with E-state index >= 15 is 0 Å². The van der Waals surface area contributed by atoms with Crippen molar-refractivity contribution in [2.75, 3.05) is 19.2 Å². The molecule has 0 bridgehead atoms. The summed E-state index contributed by atoms with van der Waals surface area (Å²) in [7, 11) is 1.09. The molecule has 19 heteroatoms. The van der Waals surface area contributed by atoms with Crippen molar-refractivity contribution in [2.24, 2.45) is 0 Å². The van der Waals surface area contributed by atoms with Crippen LogP contribution in [0.2, 0.25) is 0 Å². The predicted octanol–water partition coefficient (Wildman–Crippen LogP) is 4.13. The molecular formula is C34H33BrF3N5O10. The standard InChI is InChI=1S/C34H33BrF3N5O10/c1-5-17(2)39-32-40-25-15-42(29(47)20-8-11-24(35)23(13-20)34(36,37)38)18(3)12-22(25)30(48)43(32)21-9-6-19(7-10-21)28(46)41(4)33(51)53-16-52-27(45)14-26(44)31(49)50/h5-11,13,17-18,26,44H,1,12,14-16H2,2-4H3,(H,39,40)(H,49,50). The molecule has 1 aromatic heterocycles. The van der Waals surface area contributed by atoms with Gasteiger partial charge >= 0.3 is 24.2 Å². The number of amides is 3. The number of nitrogens with one attached hydrogen (secondary N) is 1. The highest BCUT2D eigenvalue weighted by molar-refractivity contribution is 9.10. The maximum absolute atomic E-state index is 14.1. The number of carbonyl (C=O) groups is 5. The van der Waals surface area contributed by atoms with Gasteiger partial charge in [-0.25, -0.2) is 24.0 Å². The molecule has 0 saturated carbocycles. The van der Waals surface area contributed by atoms with E-state index in [-0.39, 0.29) is 51.5 Å². The van der Waals surface area contributed by atoms with Crippen LogP contribution in [0.1, 0.15) is 57.8 Å². The number of carboxylic acids is 1. The van der Waals surface area contributed by atoms with Crippen LogP contribution < -0.4 is 10.9 Å². The first-order valence-electron chi connectivity index (χ1n) is 15.7. The van der Waals surface area contributed by atoms with Crippen LogP contribution >= 0.6 is 15.9 Å². The molecule has 0 fully saturated rings. The number of benzene rings is 2. The number of imide groups is 1. The van der Waals surface area contributed by atoms with Crippen molar-refractivity contribution in [1.29, 1.82) is 0 Å². The maximum Gasteiger partial charge on any atom is 0.419 e. The second kappa shape index (κ2) is 16.4. The quantitative estimate of drug-likeness (QED) is 0.143.